The smallest absolute Gasteiger partial charge is 0.257 e. The predicted molar refractivity (Wildman–Crippen MR) is 98.2 cm³/mol. The van der Waals surface area contributed by atoms with Gasteiger partial charge in [-0.2, -0.15) is 5.10 Å². The average molecular weight is 335 g/mol. The molecule has 1 aromatic heterocycles. The third-order valence-electron chi connectivity index (χ3n) is 4.06. The maximum Gasteiger partial charge on any atom is 0.257 e. The molecule has 1 amide bonds. The van der Waals surface area contributed by atoms with Gasteiger partial charge < -0.3 is 10.1 Å². The van der Waals surface area contributed by atoms with Crippen LogP contribution in [-0.4, -0.2) is 22.8 Å². The van der Waals surface area contributed by atoms with E-state index in [1.54, 1.807) is 25.3 Å². The van der Waals surface area contributed by atoms with Gasteiger partial charge in [-0.1, -0.05) is 35.9 Å². The van der Waals surface area contributed by atoms with Crippen LogP contribution in [0.2, 0.25) is 0 Å². The van der Waals surface area contributed by atoms with Crippen molar-refractivity contribution < 1.29 is 9.53 Å². The fraction of sp³-hybridized carbons (Fsp3) is 0.200. The second-order valence-electron chi connectivity index (χ2n) is 5.97. The van der Waals surface area contributed by atoms with Crippen LogP contribution in [-0.2, 0) is 6.54 Å². The lowest BCUT2D eigenvalue weighted by Gasteiger charge is -2.09. The lowest BCUT2D eigenvalue weighted by molar-refractivity contribution is 0.102. The molecule has 0 unspecified atom stereocenters. The fourth-order valence-corrected chi connectivity index (χ4v) is 2.78. The standard InChI is InChI=1S/C20H21N3O2/c1-14-6-4-7-16(12-14)13-23-11-10-19(22-23)21-20(24)17-8-5-9-18(25-3)15(17)2/h4-12H,13H2,1-3H3,(H,21,22,24). The van der Waals surface area contributed by atoms with E-state index in [0.717, 1.165) is 5.56 Å². The number of nitrogens with one attached hydrogen (secondary N) is 1. The van der Waals surface area contributed by atoms with Crippen molar-refractivity contribution in [2.24, 2.45) is 0 Å². The molecule has 3 rings (SSSR count). The van der Waals surface area contributed by atoms with Gasteiger partial charge in [-0.25, -0.2) is 0 Å². The number of carbonyl (C=O) groups excluding carboxylic acids is 1. The van der Waals surface area contributed by atoms with Crippen LogP contribution < -0.4 is 10.1 Å². The molecule has 0 fully saturated rings. The summed E-state index contributed by atoms with van der Waals surface area (Å²) in [6.45, 7) is 4.59. The first-order chi connectivity index (χ1) is 12.1. The van der Waals surface area contributed by atoms with Crippen LogP contribution in [0.5, 0.6) is 5.75 Å². The van der Waals surface area contributed by atoms with E-state index < -0.39 is 0 Å². The number of nitrogens with zero attached hydrogens (tertiary/aromatic N) is 2. The van der Waals surface area contributed by atoms with E-state index in [1.807, 2.05) is 29.9 Å². The van der Waals surface area contributed by atoms with Gasteiger partial charge in [0.05, 0.1) is 13.7 Å². The Morgan fingerprint density at radius 1 is 1.16 bits per heavy atom. The minimum atomic E-state index is -0.197. The highest BCUT2D eigenvalue weighted by Gasteiger charge is 2.13. The molecule has 0 atom stereocenters. The van der Waals surface area contributed by atoms with E-state index in [-0.39, 0.29) is 5.91 Å². The number of carbonyl (C=O) groups is 1. The molecule has 2 aromatic carbocycles. The molecular weight excluding hydrogens is 314 g/mol. The molecule has 1 N–H and O–H groups in total. The molecule has 5 heteroatoms. The monoisotopic (exact) mass is 335 g/mol. The summed E-state index contributed by atoms with van der Waals surface area (Å²) in [6, 6.07) is 15.5. The summed E-state index contributed by atoms with van der Waals surface area (Å²) >= 11 is 0. The number of hydrogen-bond donors (Lipinski definition) is 1. The Labute approximate surface area is 147 Å². The molecule has 128 valence electrons. The number of methoxy groups -OCH3 is 1. The Kier molecular flexibility index (Phi) is 4.84. The summed E-state index contributed by atoms with van der Waals surface area (Å²) in [6.07, 6.45) is 1.86. The Morgan fingerprint density at radius 2 is 1.96 bits per heavy atom. The lowest BCUT2D eigenvalue weighted by atomic mass is 10.1. The SMILES string of the molecule is COc1cccc(C(=O)Nc2ccn(Cc3cccc(C)c3)n2)c1C. The van der Waals surface area contributed by atoms with Gasteiger partial charge in [-0.05, 0) is 31.5 Å². The normalized spacial score (nSPS) is 10.5. The van der Waals surface area contributed by atoms with E-state index in [9.17, 15) is 4.79 Å². The van der Waals surface area contributed by atoms with Crippen molar-refractivity contribution in [2.45, 2.75) is 20.4 Å². The number of benzene rings is 2. The second-order valence-corrected chi connectivity index (χ2v) is 5.97. The van der Waals surface area contributed by atoms with Crippen LogP contribution in [0.15, 0.2) is 54.7 Å². The zero-order valence-electron chi connectivity index (χ0n) is 14.6. The first-order valence-electron chi connectivity index (χ1n) is 8.11. The third-order valence-corrected chi connectivity index (χ3v) is 4.06. The summed E-state index contributed by atoms with van der Waals surface area (Å²) < 4.78 is 7.07. The molecular formula is C20H21N3O2. The molecule has 0 aliphatic rings. The molecule has 0 radical (unpaired) electrons. The number of aromatic nitrogens is 2. The largest absolute Gasteiger partial charge is 0.496 e. The van der Waals surface area contributed by atoms with Crippen LogP contribution in [0.4, 0.5) is 5.82 Å². The van der Waals surface area contributed by atoms with Crippen molar-refractivity contribution in [1.29, 1.82) is 0 Å². The minimum Gasteiger partial charge on any atom is -0.496 e. The maximum absolute atomic E-state index is 12.5. The molecule has 0 aliphatic carbocycles. The highest BCUT2D eigenvalue weighted by molar-refractivity contribution is 6.05. The van der Waals surface area contributed by atoms with Crippen molar-refractivity contribution in [1.82, 2.24) is 9.78 Å². The van der Waals surface area contributed by atoms with Gasteiger partial charge in [0.25, 0.3) is 5.91 Å². The van der Waals surface area contributed by atoms with Gasteiger partial charge >= 0.3 is 0 Å². The van der Waals surface area contributed by atoms with Gasteiger partial charge in [-0.15, -0.1) is 0 Å². The average Bonchev–Trinajstić information content (AvgIpc) is 3.02. The highest BCUT2D eigenvalue weighted by Crippen LogP contribution is 2.21. The maximum atomic E-state index is 12.5. The molecule has 5 nitrogen and oxygen atoms in total. The van der Waals surface area contributed by atoms with E-state index in [4.69, 9.17) is 4.74 Å². The molecule has 0 saturated heterocycles. The summed E-state index contributed by atoms with van der Waals surface area (Å²) in [5.41, 5.74) is 3.77. The van der Waals surface area contributed by atoms with Gasteiger partial charge in [0.2, 0.25) is 0 Å². The number of amides is 1. The molecule has 0 saturated carbocycles. The van der Waals surface area contributed by atoms with Gasteiger partial charge in [0, 0.05) is 23.4 Å². The van der Waals surface area contributed by atoms with Crippen LogP contribution in [0.1, 0.15) is 27.0 Å². The summed E-state index contributed by atoms with van der Waals surface area (Å²) in [7, 11) is 1.59. The van der Waals surface area contributed by atoms with E-state index >= 15 is 0 Å². The Bertz CT molecular complexity index is 899. The number of rotatable bonds is 5. The molecule has 0 aliphatic heterocycles. The Balaban J connectivity index is 1.72. The Morgan fingerprint density at radius 3 is 2.72 bits per heavy atom. The van der Waals surface area contributed by atoms with Crippen molar-refractivity contribution in [3.05, 3.63) is 77.0 Å². The highest BCUT2D eigenvalue weighted by atomic mass is 16.5. The number of ether oxygens (including phenoxy) is 1. The van der Waals surface area contributed by atoms with E-state index in [0.29, 0.717) is 23.7 Å². The van der Waals surface area contributed by atoms with E-state index in [2.05, 4.69) is 35.5 Å². The molecule has 25 heavy (non-hydrogen) atoms. The van der Waals surface area contributed by atoms with Crippen molar-refractivity contribution in [3.8, 4) is 5.75 Å². The number of hydrogen-bond acceptors (Lipinski definition) is 3. The molecule has 3 aromatic rings. The first-order valence-corrected chi connectivity index (χ1v) is 8.11. The Hall–Kier alpha value is -3.08. The number of aryl methyl sites for hydroxylation is 1. The second kappa shape index (κ2) is 7.21. The summed E-state index contributed by atoms with van der Waals surface area (Å²) in [4.78, 5) is 12.5. The lowest BCUT2D eigenvalue weighted by Crippen LogP contribution is -2.14. The fourth-order valence-electron chi connectivity index (χ4n) is 2.78. The quantitative estimate of drug-likeness (QED) is 0.771. The molecule has 0 bridgehead atoms. The topological polar surface area (TPSA) is 56.1 Å². The number of anilines is 1. The van der Waals surface area contributed by atoms with Gasteiger partial charge in [0.1, 0.15) is 5.75 Å². The summed E-state index contributed by atoms with van der Waals surface area (Å²) in [5, 5.41) is 7.27. The summed E-state index contributed by atoms with van der Waals surface area (Å²) in [5.74, 6) is 1.02. The third kappa shape index (κ3) is 3.88. The minimum absolute atomic E-state index is 0.197. The van der Waals surface area contributed by atoms with Crippen LogP contribution in [0.25, 0.3) is 0 Å². The predicted octanol–water partition coefficient (Wildman–Crippen LogP) is 3.81. The van der Waals surface area contributed by atoms with Gasteiger partial charge in [-0.3, -0.25) is 9.48 Å². The van der Waals surface area contributed by atoms with Crippen molar-refractivity contribution >= 4 is 11.7 Å². The van der Waals surface area contributed by atoms with Gasteiger partial charge in [0.15, 0.2) is 5.82 Å². The van der Waals surface area contributed by atoms with Crippen LogP contribution in [0, 0.1) is 13.8 Å². The van der Waals surface area contributed by atoms with E-state index in [1.165, 1.54) is 11.1 Å². The molecule has 0 spiro atoms. The van der Waals surface area contributed by atoms with Crippen molar-refractivity contribution in [2.75, 3.05) is 12.4 Å². The zero-order chi connectivity index (χ0) is 17.8. The van der Waals surface area contributed by atoms with Crippen molar-refractivity contribution in [3.63, 3.8) is 0 Å². The molecule has 1 heterocycles. The van der Waals surface area contributed by atoms with Crippen LogP contribution in [0.3, 0.4) is 0 Å². The first kappa shape index (κ1) is 16.8. The zero-order valence-corrected chi connectivity index (χ0v) is 14.6. The van der Waals surface area contributed by atoms with Crippen LogP contribution >= 0.6 is 0 Å².